The maximum atomic E-state index is 12.9. The van der Waals surface area contributed by atoms with Crippen LogP contribution in [0.25, 0.3) is 10.8 Å². The number of hydrogen-bond acceptors (Lipinski definition) is 2. The molecule has 0 saturated heterocycles. The molecule has 3 heteroatoms. The molecule has 0 heterocycles. The van der Waals surface area contributed by atoms with Gasteiger partial charge in [-0.2, -0.15) is 0 Å². The van der Waals surface area contributed by atoms with Gasteiger partial charge >= 0.3 is 0 Å². The first-order valence-electron chi connectivity index (χ1n) is 10.0. The summed E-state index contributed by atoms with van der Waals surface area (Å²) in [4.78, 5) is 12.9. The van der Waals surface area contributed by atoms with Crippen LogP contribution < -0.4 is 10.1 Å². The quantitative estimate of drug-likeness (QED) is 0.560. The number of fused-ring (bicyclic) bond motifs is 1. The van der Waals surface area contributed by atoms with Gasteiger partial charge in [-0.3, -0.25) is 4.79 Å². The first-order chi connectivity index (χ1) is 13.5. The molecule has 0 aliphatic carbocycles. The topological polar surface area (TPSA) is 38.3 Å². The van der Waals surface area contributed by atoms with E-state index >= 15 is 0 Å². The Labute approximate surface area is 167 Å². The Morgan fingerprint density at radius 1 is 0.929 bits per heavy atom. The highest BCUT2D eigenvalue weighted by Crippen LogP contribution is 2.24. The van der Waals surface area contributed by atoms with E-state index in [1.165, 1.54) is 16.7 Å². The van der Waals surface area contributed by atoms with Gasteiger partial charge in [0.1, 0.15) is 5.75 Å². The summed E-state index contributed by atoms with van der Waals surface area (Å²) in [5.74, 6) is 0.655. The molecule has 0 saturated carbocycles. The zero-order valence-corrected chi connectivity index (χ0v) is 17.2. The fraction of sp³-hybridized carbons (Fsp3) is 0.320. The molecule has 0 fully saturated rings. The van der Waals surface area contributed by atoms with Crippen molar-refractivity contribution in [3.05, 3.63) is 77.4 Å². The Kier molecular flexibility index (Phi) is 6.35. The lowest BCUT2D eigenvalue weighted by molar-refractivity contribution is -0.128. The first-order valence-corrected chi connectivity index (χ1v) is 10.0. The van der Waals surface area contributed by atoms with Gasteiger partial charge in [0.15, 0.2) is 6.10 Å². The molecule has 0 bridgehead atoms. The zero-order valence-electron chi connectivity index (χ0n) is 17.2. The molecule has 0 aliphatic rings. The first kappa shape index (κ1) is 19.9. The lowest BCUT2D eigenvalue weighted by Crippen LogP contribution is -2.40. The summed E-state index contributed by atoms with van der Waals surface area (Å²) in [6.45, 7) is 8.25. The van der Waals surface area contributed by atoms with Crippen molar-refractivity contribution in [1.29, 1.82) is 0 Å². The molecule has 28 heavy (non-hydrogen) atoms. The van der Waals surface area contributed by atoms with Crippen molar-refractivity contribution in [2.45, 2.75) is 52.7 Å². The van der Waals surface area contributed by atoms with Crippen LogP contribution in [0.15, 0.2) is 60.7 Å². The zero-order chi connectivity index (χ0) is 20.1. The Balaban J connectivity index is 1.74. The smallest absolute Gasteiger partial charge is 0.261 e. The molecule has 1 N–H and O–H groups in total. The molecule has 2 atom stereocenters. The highest BCUT2D eigenvalue weighted by atomic mass is 16.5. The van der Waals surface area contributed by atoms with Gasteiger partial charge in [0.25, 0.3) is 5.91 Å². The van der Waals surface area contributed by atoms with Crippen LogP contribution in [-0.2, 0) is 4.79 Å². The predicted octanol–water partition coefficient (Wildman–Crippen LogP) is 5.88. The molecule has 0 radical (unpaired) electrons. The van der Waals surface area contributed by atoms with Crippen molar-refractivity contribution in [2.75, 3.05) is 0 Å². The van der Waals surface area contributed by atoms with E-state index < -0.39 is 6.10 Å². The summed E-state index contributed by atoms with van der Waals surface area (Å²) in [7, 11) is 0. The third-order valence-electron chi connectivity index (χ3n) is 5.19. The van der Waals surface area contributed by atoms with Crippen molar-refractivity contribution in [1.82, 2.24) is 5.32 Å². The van der Waals surface area contributed by atoms with Gasteiger partial charge in [-0.15, -0.1) is 0 Å². The summed E-state index contributed by atoms with van der Waals surface area (Å²) in [5, 5.41) is 5.46. The molecule has 3 aromatic rings. The summed E-state index contributed by atoms with van der Waals surface area (Å²) >= 11 is 0. The summed E-state index contributed by atoms with van der Waals surface area (Å²) in [5.41, 5.74) is 3.60. The van der Waals surface area contributed by atoms with E-state index in [0.717, 1.165) is 22.9 Å². The molecule has 0 aromatic heterocycles. The van der Waals surface area contributed by atoms with Gasteiger partial charge in [-0.25, -0.2) is 0 Å². The molecular formula is C25H29NO2. The lowest BCUT2D eigenvalue weighted by atomic mass is 9.97. The fourth-order valence-electron chi connectivity index (χ4n) is 3.61. The monoisotopic (exact) mass is 375 g/mol. The lowest BCUT2D eigenvalue weighted by Gasteiger charge is -2.24. The number of ether oxygens (including phenoxy) is 1. The maximum absolute atomic E-state index is 12.9. The molecule has 1 amide bonds. The van der Waals surface area contributed by atoms with Gasteiger partial charge in [-0.1, -0.05) is 67.9 Å². The average molecular weight is 376 g/mol. The van der Waals surface area contributed by atoms with E-state index in [9.17, 15) is 4.79 Å². The third-order valence-corrected chi connectivity index (χ3v) is 5.19. The highest BCUT2D eigenvalue weighted by Gasteiger charge is 2.22. The Morgan fingerprint density at radius 3 is 2.36 bits per heavy atom. The summed E-state index contributed by atoms with van der Waals surface area (Å²) < 4.78 is 6.05. The minimum atomic E-state index is -0.513. The largest absolute Gasteiger partial charge is 0.481 e. The van der Waals surface area contributed by atoms with Crippen LogP contribution in [0.2, 0.25) is 0 Å². The summed E-state index contributed by atoms with van der Waals surface area (Å²) in [6, 6.07) is 20.5. The van der Waals surface area contributed by atoms with Crippen molar-refractivity contribution in [3.8, 4) is 5.75 Å². The average Bonchev–Trinajstić information content (AvgIpc) is 2.70. The number of carbonyl (C=O) groups is 1. The van der Waals surface area contributed by atoms with Gasteiger partial charge in [-0.05, 0) is 60.7 Å². The molecule has 3 nitrogen and oxygen atoms in total. The van der Waals surface area contributed by atoms with E-state index in [0.29, 0.717) is 6.42 Å². The molecule has 0 aliphatic heterocycles. The number of nitrogens with one attached hydrogen (secondary N) is 1. The van der Waals surface area contributed by atoms with Crippen molar-refractivity contribution >= 4 is 16.7 Å². The SMILES string of the molecule is CC[C@H](Oc1ccc2ccccc2c1)C(=O)N[C@@H](CC)c1ccc(C)cc1C. The molecule has 0 spiro atoms. The van der Waals surface area contributed by atoms with Gasteiger partial charge < -0.3 is 10.1 Å². The minimum absolute atomic E-state index is 0.0117. The van der Waals surface area contributed by atoms with Gasteiger partial charge in [0.2, 0.25) is 0 Å². The van der Waals surface area contributed by atoms with Crippen LogP contribution in [0.1, 0.15) is 49.4 Å². The maximum Gasteiger partial charge on any atom is 0.261 e. The van der Waals surface area contributed by atoms with Crippen molar-refractivity contribution in [3.63, 3.8) is 0 Å². The highest BCUT2D eigenvalue weighted by molar-refractivity contribution is 5.84. The van der Waals surface area contributed by atoms with Crippen LogP contribution in [0.3, 0.4) is 0 Å². The van der Waals surface area contributed by atoms with Crippen molar-refractivity contribution < 1.29 is 9.53 Å². The van der Waals surface area contributed by atoms with Crippen LogP contribution in [0, 0.1) is 13.8 Å². The van der Waals surface area contributed by atoms with Crippen molar-refractivity contribution in [2.24, 2.45) is 0 Å². The normalized spacial score (nSPS) is 13.1. The second kappa shape index (κ2) is 8.92. The Morgan fingerprint density at radius 2 is 1.68 bits per heavy atom. The predicted molar refractivity (Wildman–Crippen MR) is 116 cm³/mol. The fourth-order valence-corrected chi connectivity index (χ4v) is 3.61. The van der Waals surface area contributed by atoms with Crippen LogP contribution in [0.5, 0.6) is 5.75 Å². The van der Waals surface area contributed by atoms with E-state index in [-0.39, 0.29) is 11.9 Å². The summed E-state index contributed by atoms with van der Waals surface area (Å²) in [6.07, 6.45) is 0.935. The van der Waals surface area contributed by atoms with Crippen LogP contribution in [-0.4, -0.2) is 12.0 Å². The van der Waals surface area contributed by atoms with Gasteiger partial charge in [0, 0.05) is 0 Å². The number of aryl methyl sites for hydroxylation is 2. The van der Waals surface area contributed by atoms with Crippen LogP contribution in [0.4, 0.5) is 0 Å². The number of benzene rings is 3. The number of carbonyl (C=O) groups excluding carboxylic acids is 1. The van der Waals surface area contributed by atoms with Crippen LogP contribution >= 0.6 is 0 Å². The van der Waals surface area contributed by atoms with E-state index in [1.807, 2.05) is 37.3 Å². The standard InChI is InChI=1S/C25H29NO2/c1-5-23(22-14-11-17(3)15-18(22)4)26-25(27)24(6-2)28-21-13-12-19-9-7-8-10-20(19)16-21/h7-16,23-24H,5-6H2,1-4H3,(H,26,27)/t23-,24-/m0/s1. The number of hydrogen-bond donors (Lipinski definition) is 1. The number of amides is 1. The Bertz CT molecular complexity index is 964. The molecule has 146 valence electrons. The molecule has 0 unspecified atom stereocenters. The molecular weight excluding hydrogens is 346 g/mol. The Hall–Kier alpha value is -2.81. The van der Waals surface area contributed by atoms with Gasteiger partial charge in [0.05, 0.1) is 6.04 Å². The van der Waals surface area contributed by atoms with E-state index in [2.05, 4.69) is 56.4 Å². The third kappa shape index (κ3) is 4.53. The molecule has 3 aromatic carbocycles. The molecule has 3 rings (SSSR count). The number of rotatable bonds is 7. The second-order valence-electron chi connectivity index (χ2n) is 7.35. The second-order valence-corrected chi connectivity index (χ2v) is 7.35. The van der Waals surface area contributed by atoms with E-state index in [4.69, 9.17) is 4.74 Å². The van der Waals surface area contributed by atoms with E-state index in [1.54, 1.807) is 0 Å². The minimum Gasteiger partial charge on any atom is -0.481 e.